The van der Waals surface area contributed by atoms with Crippen LogP contribution in [0.1, 0.15) is 53.9 Å². The minimum absolute atomic E-state index is 0.0240. The number of carbonyl (C=O) groups excluding carboxylic acids is 1. The molecular formula is C27H28ClN3O2S. The lowest BCUT2D eigenvalue weighted by atomic mass is 9.89. The van der Waals surface area contributed by atoms with Gasteiger partial charge in [0.15, 0.2) is 0 Å². The number of rotatable bonds is 7. The Balaban J connectivity index is 1.46. The highest BCUT2D eigenvalue weighted by atomic mass is 35.5. The molecule has 1 N–H and O–H groups in total. The maximum atomic E-state index is 13.2. The van der Waals surface area contributed by atoms with Gasteiger partial charge in [0, 0.05) is 23.2 Å². The Hall–Kier alpha value is -2.83. The number of aromatic nitrogens is 2. The molecular weight excluding hydrogens is 466 g/mol. The number of furan rings is 1. The van der Waals surface area contributed by atoms with Crippen molar-refractivity contribution in [3.8, 4) is 22.0 Å². The fraction of sp³-hybridized carbons (Fsp3) is 0.333. The number of benzene rings is 1. The molecule has 5 nitrogen and oxygen atoms in total. The lowest BCUT2D eigenvalue weighted by Crippen LogP contribution is -2.30. The molecule has 3 aromatic heterocycles. The molecule has 1 fully saturated rings. The standard InChI is InChI=1S/C27H28ClN3O2S/c1-18-22(26(32)29-15-19-8-3-2-4-9-19)14-25(31(18)16-20-10-7-13-33-20)24-17-34-27(30-24)21-11-5-6-12-23(21)28/h5-7,10-14,17,19H,2-4,8-9,15-16H2,1H3,(H,29,32). The number of nitrogens with one attached hydrogen (secondary N) is 1. The van der Waals surface area contributed by atoms with E-state index in [1.807, 2.05) is 54.8 Å². The van der Waals surface area contributed by atoms with Crippen LogP contribution in [0.15, 0.2) is 58.5 Å². The molecule has 34 heavy (non-hydrogen) atoms. The SMILES string of the molecule is Cc1c(C(=O)NCC2CCCCC2)cc(-c2csc(-c3ccccc3Cl)n2)n1Cc1ccco1. The van der Waals surface area contributed by atoms with Crippen LogP contribution in [0.4, 0.5) is 0 Å². The van der Waals surface area contributed by atoms with Crippen molar-refractivity contribution >= 4 is 28.8 Å². The van der Waals surface area contributed by atoms with Crippen molar-refractivity contribution in [3.05, 3.63) is 76.1 Å². The smallest absolute Gasteiger partial charge is 0.253 e. The third kappa shape index (κ3) is 4.84. The summed E-state index contributed by atoms with van der Waals surface area (Å²) < 4.78 is 7.72. The third-order valence-corrected chi connectivity index (χ3v) is 7.86. The first-order valence-corrected chi connectivity index (χ1v) is 13.1. The van der Waals surface area contributed by atoms with Gasteiger partial charge in [-0.1, -0.05) is 49.1 Å². The lowest BCUT2D eigenvalue weighted by Gasteiger charge is -2.21. The molecule has 7 heteroatoms. The van der Waals surface area contributed by atoms with E-state index in [0.717, 1.165) is 40.0 Å². The van der Waals surface area contributed by atoms with E-state index >= 15 is 0 Å². The maximum Gasteiger partial charge on any atom is 0.253 e. The normalized spacial score (nSPS) is 14.4. The molecule has 176 valence electrons. The van der Waals surface area contributed by atoms with Crippen molar-refractivity contribution < 1.29 is 9.21 Å². The van der Waals surface area contributed by atoms with Gasteiger partial charge in [0.1, 0.15) is 10.8 Å². The number of nitrogens with zero attached hydrogens (tertiary/aromatic N) is 2. The topological polar surface area (TPSA) is 60.1 Å². The number of thiazole rings is 1. The highest BCUT2D eigenvalue weighted by Gasteiger charge is 2.22. The average Bonchev–Trinajstić information content (AvgIpc) is 3.61. The fourth-order valence-corrected chi connectivity index (χ4v) is 5.86. The zero-order valence-corrected chi connectivity index (χ0v) is 20.8. The molecule has 0 unspecified atom stereocenters. The van der Waals surface area contributed by atoms with Crippen LogP contribution in [0.25, 0.3) is 22.0 Å². The van der Waals surface area contributed by atoms with E-state index in [4.69, 9.17) is 21.0 Å². The summed E-state index contributed by atoms with van der Waals surface area (Å²) in [5, 5.41) is 6.74. The molecule has 1 aromatic carbocycles. The van der Waals surface area contributed by atoms with Crippen LogP contribution < -0.4 is 5.32 Å². The van der Waals surface area contributed by atoms with Crippen molar-refractivity contribution in [3.63, 3.8) is 0 Å². The van der Waals surface area contributed by atoms with Crippen LogP contribution >= 0.6 is 22.9 Å². The Bertz CT molecular complexity index is 1270. The molecule has 0 spiro atoms. The monoisotopic (exact) mass is 493 g/mol. The quantitative estimate of drug-likeness (QED) is 0.296. The second-order valence-corrected chi connectivity index (χ2v) is 10.2. The number of amides is 1. The molecule has 0 atom stereocenters. The summed E-state index contributed by atoms with van der Waals surface area (Å²) in [6.07, 6.45) is 7.92. The van der Waals surface area contributed by atoms with Crippen LogP contribution in [-0.2, 0) is 6.54 Å². The molecule has 0 aliphatic heterocycles. The van der Waals surface area contributed by atoms with Gasteiger partial charge in [-0.05, 0) is 49.9 Å². The van der Waals surface area contributed by atoms with Crippen LogP contribution in [-0.4, -0.2) is 22.0 Å². The third-order valence-electron chi connectivity index (χ3n) is 6.65. The summed E-state index contributed by atoms with van der Waals surface area (Å²) in [6.45, 7) is 3.26. The average molecular weight is 494 g/mol. The molecule has 1 aliphatic carbocycles. The van der Waals surface area contributed by atoms with Gasteiger partial charge in [-0.15, -0.1) is 11.3 Å². The van der Waals surface area contributed by atoms with Crippen LogP contribution in [0.3, 0.4) is 0 Å². The maximum absolute atomic E-state index is 13.2. The van der Waals surface area contributed by atoms with Gasteiger partial charge >= 0.3 is 0 Å². The Kier molecular flexibility index (Phi) is 6.88. The number of hydrogen-bond acceptors (Lipinski definition) is 4. The summed E-state index contributed by atoms with van der Waals surface area (Å²) in [7, 11) is 0. The Morgan fingerprint density at radius 1 is 1.21 bits per heavy atom. The Morgan fingerprint density at radius 3 is 2.79 bits per heavy atom. The van der Waals surface area contributed by atoms with Gasteiger partial charge in [0.05, 0.1) is 34.8 Å². The van der Waals surface area contributed by atoms with Gasteiger partial charge in [-0.25, -0.2) is 4.98 Å². The van der Waals surface area contributed by atoms with Crippen molar-refractivity contribution in [2.24, 2.45) is 5.92 Å². The van der Waals surface area contributed by atoms with Gasteiger partial charge in [-0.3, -0.25) is 4.79 Å². The van der Waals surface area contributed by atoms with E-state index in [9.17, 15) is 4.79 Å². The van der Waals surface area contributed by atoms with Crippen LogP contribution in [0, 0.1) is 12.8 Å². The lowest BCUT2D eigenvalue weighted by molar-refractivity contribution is 0.0943. The minimum atomic E-state index is -0.0240. The molecule has 0 saturated heterocycles. The molecule has 5 rings (SSSR count). The molecule has 1 amide bonds. The number of hydrogen-bond donors (Lipinski definition) is 1. The molecule has 3 heterocycles. The van der Waals surface area contributed by atoms with Crippen molar-refractivity contribution in [1.82, 2.24) is 14.9 Å². The first-order valence-electron chi connectivity index (χ1n) is 11.8. The fourth-order valence-electron chi connectivity index (χ4n) is 4.72. The van der Waals surface area contributed by atoms with E-state index in [1.165, 1.54) is 32.1 Å². The van der Waals surface area contributed by atoms with Gasteiger partial charge in [-0.2, -0.15) is 0 Å². The number of carbonyl (C=O) groups is 1. The Labute approximate surface area is 208 Å². The predicted octanol–water partition coefficient (Wildman–Crippen LogP) is 7.19. The first-order chi connectivity index (χ1) is 16.6. The van der Waals surface area contributed by atoms with E-state index in [0.29, 0.717) is 23.0 Å². The Morgan fingerprint density at radius 2 is 2.03 bits per heavy atom. The van der Waals surface area contributed by atoms with Crippen molar-refractivity contribution in [2.75, 3.05) is 6.54 Å². The van der Waals surface area contributed by atoms with E-state index in [1.54, 1.807) is 17.6 Å². The molecule has 0 bridgehead atoms. The van der Waals surface area contributed by atoms with Crippen LogP contribution in [0.5, 0.6) is 0 Å². The summed E-state index contributed by atoms with van der Waals surface area (Å²) >= 11 is 7.95. The molecule has 1 aliphatic rings. The summed E-state index contributed by atoms with van der Waals surface area (Å²) in [6, 6.07) is 13.5. The highest BCUT2D eigenvalue weighted by Crippen LogP contribution is 2.35. The zero-order chi connectivity index (χ0) is 23.5. The van der Waals surface area contributed by atoms with E-state index < -0.39 is 0 Å². The predicted molar refractivity (Wildman–Crippen MR) is 137 cm³/mol. The first kappa shape index (κ1) is 22.9. The molecule has 0 radical (unpaired) electrons. The van der Waals surface area contributed by atoms with Crippen LogP contribution in [0.2, 0.25) is 5.02 Å². The number of halogens is 1. The largest absolute Gasteiger partial charge is 0.467 e. The van der Waals surface area contributed by atoms with Gasteiger partial charge in [0.25, 0.3) is 5.91 Å². The highest BCUT2D eigenvalue weighted by molar-refractivity contribution is 7.13. The molecule has 1 saturated carbocycles. The minimum Gasteiger partial charge on any atom is -0.467 e. The molecule has 4 aromatic rings. The van der Waals surface area contributed by atoms with Gasteiger partial charge in [0.2, 0.25) is 0 Å². The summed E-state index contributed by atoms with van der Waals surface area (Å²) in [5.41, 5.74) is 4.21. The van der Waals surface area contributed by atoms with E-state index in [-0.39, 0.29) is 5.91 Å². The van der Waals surface area contributed by atoms with Crippen molar-refractivity contribution in [2.45, 2.75) is 45.6 Å². The second kappa shape index (κ2) is 10.2. The second-order valence-electron chi connectivity index (χ2n) is 8.93. The summed E-state index contributed by atoms with van der Waals surface area (Å²) in [5.74, 6) is 1.39. The zero-order valence-electron chi connectivity index (χ0n) is 19.2. The summed E-state index contributed by atoms with van der Waals surface area (Å²) in [4.78, 5) is 18.1. The van der Waals surface area contributed by atoms with Crippen molar-refractivity contribution in [1.29, 1.82) is 0 Å². The van der Waals surface area contributed by atoms with Gasteiger partial charge < -0.3 is 14.3 Å². The van der Waals surface area contributed by atoms with E-state index in [2.05, 4.69) is 9.88 Å².